The zero-order valence-electron chi connectivity index (χ0n) is 11.8. The molecule has 0 saturated carbocycles. The van der Waals surface area contributed by atoms with Gasteiger partial charge in [0.25, 0.3) is 5.91 Å². The number of nitrogens with one attached hydrogen (secondary N) is 3. The van der Waals surface area contributed by atoms with E-state index >= 15 is 0 Å². The van der Waals surface area contributed by atoms with Gasteiger partial charge in [-0.15, -0.1) is 0 Å². The Kier molecular flexibility index (Phi) is 3.10. The SMILES string of the molecule is Cc1ccc(C)c(NC(=O)c2ccc3[nH]c(=O)[nH]c3c2)c1. The van der Waals surface area contributed by atoms with Gasteiger partial charge in [-0.2, -0.15) is 0 Å². The lowest BCUT2D eigenvalue weighted by Gasteiger charge is -2.09. The molecule has 1 amide bonds. The van der Waals surface area contributed by atoms with Gasteiger partial charge in [-0.1, -0.05) is 12.1 Å². The Balaban J connectivity index is 1.92. The van der Waals surface area contributed by atoms with Crippen LogP contribution in [-0.2, 0) is 0 Å². The molecule has 0 aliphatic carbocycles. The number of aryl methyl sites for hydroxylation is 2. The van der Waals surface area contributed by atoms with Crippen molar-refractivity contribution >= 4 is 22.6 Å². The van der Waals surface area contributed by atoms with Gasteiger partial charge < -0.3 is 15.3 Å². The summed E-state index contributed by atoms with van der Waals surface area (Å²) < 4.78 is 0. The molecule has 3 aromatic rings. The van der Waals surface area contributed by atoms with Crippen LogP contribution >= 0.6 is 0 Å². The Hall–Kier alpha value is -2.82. The molecule has 106 valence electrons. The van der Waals surface area contributed by atoms with Crippen LogP contribution < -0.4 is 11.0 Å². The molecule has 0 unspecified atom stereocenters. The summed E-state index contributed by atoms with van der Waals surface area (Å²) in [5.74, 6) is -0.201. The minimum Gasteiger partial charge on any atom is -0.322 e. The number of anilines is 1. The van der Waals surface area contributed by atoms with E-state index in [1.54, 1.807) is 18.2 Å². The van der Waals surface area contributed by atoms with Gasteiger partial charge in [-0.3, -0.25) is 4.79 Å². The van der Waals surface area contributed by atoms with Crippen molar-refractivity contribution in [2.75, 3.05) is 5.32 Å². The number of aromatic nitrogens is 2. The summed E-state index contributed by atoms with van der Waals surface area (Å²) in [7, 11) is 0. The highest BCUT2D eigenvalue weighted by molar-refractivity contribution is 6.06. The van der Waals surface area contributed by atoms with E-state index < -0.39 is 0 Å². The number of carbonyl (C=O) groups excluding carboxylic acids is 1. The number of H-pyrrole nitrogens is 2. The minimum atomic E-state index is -0.280. The average molecular weight is 281 g/mol. The van der Waals surface area contributed by atoms with E-state index in [9.17, 15) is 9.59 Å². The van der Waals surface area contributed by atoms with Crippen LogP contribution in [0, 0.1) is 13.8 Å². The van der Waals surface area contributed by atoms with Crippen LogP contribution in [0.2, 0.25) is 0 Å². The molecule has 2 aromatic carbocycles. The van der Waals surface area contributed by atoms with Gasteiger partial charge in [0, 0.05) is 11.3 Å². The zero-order valence-corrected chi connectivity index (χ0v) is 11.8. The molecule has 5 heteroatoms. The molecular formula is C16H15N3O2. The Morgan fingerprint density at radius 3 is 2.57 bits per heavy atom. The number of hydrogen-bond acceptors (Lipinski definition) is 2. The zero-order chi connectivity index (χ0) is 15.0. The van der Waals surface area contributed by atoms with E-state index in [1.165, 1.54) is 0 Å². The fourth-order valence-electron chi connectivity index (χ4n) is 2.24. The molecule has 0 spiro atoms. The van der Waals surface area contributed by atoms with Crippen LogP contribution in [0.4, 0.5) is 5.69 Å². The first-order chi connectivity index (χ1) is 10.0. The number of benzene rings is 2. The maximum atomic E-state index is 12.3. The highest BCUT2D eigenvalue weighted by Crippen LogP contribution is 2.18. The second kappa shape index (κ2) is 4.94. The van der Waals surface area contributed by atoms with E-state index in [4.69, 9.17) is 0 Å². The van der Waals surface area contributed by atoms with Crippen LogP contribution in [0.25, 0.3) is 11.0 Å². The highest BCUT2D eigenvalue weighted by Gasteiger charge is 2.09. The fraction of sp³-hybridized carbons (Fsp3) is 0.125. The third-order valence-electron chi connectivity index (χ3n) is 3.42. The van der Waals surface area contributed by atoms with Gasteiger partial charge in [0.2, 0.25) is 0 Å². The van der Waals surface area contributed by atoms with Crippen LogP contribution in [0.5, 0.6) is 0 Å². The predicted molar refractivity (Wildman–Crippen MR) is 82.8 cm³/mol. The highest BCUT2D eigenvalue weighted by atomic mass is 16.2. The second-order valence-corrected chi connectivity index (χ2v) is 5.11. The van der Waals surface area contributed by atoms with E-state index in [0.717, 1.165) is 16.8 Å². The third kappa shape index (κ3) is 2.58. The largest absolute Gasteiger partial charge is 0.323 e. The first-order valence-electron chi connectivity index (χ1n) is 6.63. The summed E-state index contributed by atoms with van der Waals surface area (Å²) in [6, 6.07) is 11.0. The topological polar surface area (TPSA) is 77.8 Å². The number of imidazole rings is 1. The van der Waals surface area contributed by atoms with Gasteiger partial charge in [-0.05, 0) is 49.2 Å². The number of carbonyl (C=O) groups is 1. The number of hydrogen-bond donors (Lipinski definition) is 3. The monoisotopic (exact) mass is 281 g/mol. The summed E-state index contributed by atoms with van der Waals surface area (Å²) in [5.41, 5.74) is 4.40. The first kappa shape index (κ1) is 13.2. The molecule has 1 heterocycles. The van der Waals surface area contributed by atoms with Crippen molar-refractivity contribution < 1.29 is 4.79 Å². The molecule has 21 heavy (non-hydrogen) atoms. The van der Waals surface area contributed by atoms with Gasteiger partial charge in [0.15, 0.2) is 0 Å². The number of aromatic amines is 2. The van der Waals surface area contributed by atoms with Gasteiger partial charge in [-0.25, -0.2) is 4.79 Å². The maximum Gasteiger partial charge on any atom is 0.323 e. The van der Waals surface area contributed by atoms with Crippen LogP contribution in [0.3, 0.4) is 0 Å². The summed E-state index contributed by atoms with van der Waals surface area (Å²) in [6.07, 6.45) is 0. The molecule has 0 bridgehead atoms. The predicted octanol–water partition coefficient (Wildman–Crippen LogP) is 2.73. The van der Waals surface area contributed by atoms with Crippen molar-refractivity contribution in [2.24, 2.45) is 0 Å². The van der Waals surface area contributed by atoms with E-state index in [0.29, 0.717) is 16.6 Å². The van der Waals surface area contributed by atoms with Crippen molar-refractivity contribution in [3.05, 3.63) is 63.6 Å². The smallest absolute Gasteiger partial charge is 0.322 e. The fourth-order valence-corrected chi connectivity index (χ4v) is 2.24. The lowest BCUT2D eigenvalue weighted by Crippen LogP contribution is -2.12. The van der Waals surface area contributed by atoms with Crippen molar-refractivity contribution in [1.29, 1.82) is 0 Å². The molecule has 3 N–H and O–H groups in total. The van der Waals surface area contributed by atoms with Crippen LogP contribution in [-0.4, -0.2) is 15.9 Å². The summed E-state index contributed by atoms with van der Waals surface area (Å²) >= 11 is 0. The van der Waals surface area contributed by atoms with Crippen molar-refractivity contribution in [3.8, 4) is 0 Å². The molecule has 0 radical (unpaired) electrons. The Morgan fingerprint density at radius 1 is 1.00 bits per heavy atom. The molecule has 0 aliphatic heterocycles. The minimum absolute atomic E-state index is 0.201. The van der Waals surface area contributed by atoms with Crippen molar-refractivity contribution in [2.45, 2.75) is 13.8 Å². The van der Waals surface area contributed by atoms with Gasteiger partial charge in [0.05, 0.1) is 11.0 Å². The molecule has 5 nitrogen and oxygen atoms in total. The lowest BCUT2D eigenvalue weighted by molar-refractivity contribution is 0.102. The van der Waals surface area contributed by atoms with Crippen LogP contribution in [0.15, 0.2) is 41.2 Å². The van der Waals surface area contributed by atoms with Crippen molar-refractivity contribution in [3.63, 3.8) is 0 Å². The molecule has 3 rings (SSSR count). The quantitative estimate of drug-likeness (QED) is 0.675. The summed E-state index contributed by atoms with van der Waals surface area (Å²) in [6.45, 7) is 3.92. The van der Waals surface area contributed by atoms with E-state index in [1.807, 2.05) is 32.0 Å². The van der Waals surface area contributed by atoms with E-state index in [2.05, 4.69) is 15.3 Å². The molecule has 0 saturated heterocycles. The molecular weight excluding hydrogens is 266 g/mol. The Bertz CT molecular complexity index is 890. The molecule has 0 fully saturated rings. The van der Waals surface area contributed by atoms with Gasteiger partial charge >= 0.3 is 5.69 Å². The molecule has 1 aromatic heterocycles. The number of rotatable bonds is 2. The summed E-state index contributed by atoms with van der Waals surface area (Å²) in [4.78, 5) is 28.8. The Morgan fingerprint density at radius 2 is 1.76 bits per heavy atom. The standard InChI is InChI=1S/C16H15N3O2/c1-9-3-4-10(2)13(7-9)17-15(20)11-5-6-12-14(8-11)19-16(21)18-12/h3-8H,1-2H3,(H,17,20)(H2,18,19,21). The van der Waals surface area contributed by atoms with Crippen molar-refractivity contribution in [1.82, 2.24) is 9.97 Å². The molecule has 0 aliphatic rings. The third-order valence-corrected chi connectivity index (χ3v) is 3.42. The maximum absolute atomic E-state index is 12.3. The first-order valence-corrected chi connectivity index (χ1v) is 6.63. The molecule has 0 atom stereocenters. The number of amides is 1. The lowest BCUT2D eigenvalue weighted by atomic mass is 10.1. The average Bonchev–Trinajstić information content (AvgIpc) is 2.81. The Labute approximate surface area is 121 Å². The number of fused-ring (bicyclic) bond motifs is 1. The van der Waals surface area contributed by atoms with Gasteiger partial charge in [0.1, 0.15) is 0 Å². The normalized spacial score (nSPS) is 10.8. The van der Waals surface area contributed by atoms with Crippen LogP contribution in [0.1, 0.15) is 21.5 Å². The summed E-state index contributed by atoms with van der Waals surface area (Å²) in [5, 5.41) is 2.90. The van der Waals surface area contributed by atoms with E-state index in [-0.39, 0.29) is 11.6 Å². The second-order valence-electron chi connectivity index (χ2n) is 5.11.